The third-order valence-corrected chi connectivity index (χ3v) is 12.6. The van der Waals surface area contributed by atoms with Crippen molar-refractivity contribution in [1.29, 1.82) is 0 Å². The zero-order chi connectivity index (χ0) is 29.5. The summed E-state index contributed by atoms with van der Waals surface area (Å²) < 4.78 is 11.2. The minimum Gasteiger partial charge on any atom is -0.481 e. The highest BCUT2D eigenvalue weighted by Crippen LogP contribution is 2.68. The SMILES string of the molecule is CCC(C)(C)C(=O)OC1CCC2(C)C(CCC3C2CC(O)C2(C)C(C(C)CCC(=O)OCCC(=O)O)CCC32)C1. The quantitative estimate of drug-likeness (QED) is 0.297. The first-order valence-corrected chi connectivity index (χ1v) is 16.0. The van der Waals surface area contributed by atoms with Crippen molar-refractivity contribution in [3.8, 4) is 0 Å². The van der Waals surface area contributed by atoms with Gasteiger partial charge in [-0.3, -0.25) is 14.4 Å². The van der Waals surface area contributed by atoms with E-state index in [1.807, 2.05) is 20.8 Å². The Balaban J connectivity index is 1.39. The van der Waals surface area contributed by atoms with E-state index in [-0.39, 0.29) is 53.9 Å². The number of carboxylic acid groups (broad SMARTS) is 1. The number of aliphatic hydroxyl groups is 1. The van der Waals surface area contributed by atoms with Crippen LogP contribution in [-0.4, -0.2) is 46.9 Å². The molecule has 0 aromatic rings. The van der Waals surface area contributed by atoms with Gasteiger partial charge < -0.3 is 19.7 Å². The van der Waals surface area contributed by atoms with Crippen LogP contribution in [0.5, 0.6) is 0 Å². The Morgan fingerprint density at radius 1 is 1.00 bits per heavy atom. The van der Waals surface area contributed by atoms with E-state index in [1.165, 1.54) is 12.8 Å². The zero-order valence-electron chi connectivity index (χ0n) is 25.7. The summed E-state index contributed by atoms with van der Waals surface area (Å²) in [6.45, 7) is 12.9. The summed E-state index contributed by atoms with van der Waals surface area (Å²) in [6.07, 6.45) is 9.63. The first kappa shape index (κ1) is 31.3. The molecule has 0 aromatic heterocycles. The summed E-state index contributed by atoms with van der Waals surface area (Å²) >= 11 is 0. The van der Waals surface area contributed by atoms with E-state index < -0.39 is 11.4 Å². The summed E-state index contributed by atoms with van der Waals surface area (Å²) in [7, 11) is 0. The fourth-order valence-electron chi connectivity index (χ4n) is 9.58. The molecule has 0 aromatic carbocycles. The highest BCUT2D eigenvalue weighted by molar-refractivity contribution is 5.76. The molecule has 4 rings (SSSR count). The van der Waals surface area contributed by atoms with Crippen molar-refractivity contribution in [1.82, 2.24) is 0 Å². The summed E-state index contributed by atoms with van der Waals surface area (Å²) in [5.74, 6) is 1.43. The van der Waals surface area contributed by atoms with Crippen molar-refractivity contribution in [3.63, 3.8) is 0 Å². The molecule has 7 heteroatoms. The Morgan fingerprint density at radius 2 is 1.73 bits per heavy atom. The predicted molar refractivity (Wildman–Crippen MR) is 152 cm³/mol. The summed E-state index contributed by atoms with van der Waals surface area (Å²) in [5, 5.41) is 20.6. The van der Waals surface area contributed by atoms with Gasteiger partial charge in [-0.15, -0.1) is 0 Å². The van der Waals surface area contributed by atoms with Crippen molar-refractivity contribution in [2.45, 2.75) is 131 Å². The van der Waals surface area contributed by atoms with Gasteiger partial charge in [-0.05, 0) is 124 Å². The van der Waals surface area contributed by atoms with E-state index in [9.17, 15) is 19.5 Å². The highest BCUT2D eigenvalue weighted by atomic mass is 16.5. The van der Waals surface area contributed by atoms with Crippen molar-refractivity contribution in [2.75, 3.05) is 6.61 Å². The molecule has 0 aliphatic heterocycles. The number of aliphatic carboxylic acids is 1. The van der Waals surface area contributed by atoms with Crippen LogP contribution < -0.4 is 0 Å². The van der Waals surface area contributed by atoms with Crippen LogP contribution in [0.2, 0.25) is 0 Å². The van der Waals surface area contributed by atoms with Gasteiger partial charge in [0, 0.05) is 6.42 Å². The lowest BCUT2D eigenvalue weighted by Gasteiger charge is -2.62. The second-order valence-electron chi connectivity index (χ2n) is 14.9. The number of ether oxygens (including phenoxy) is 2. The van der Waals surface area contributed by atoms with Gasteiger partial charge in [0.15, 0.2) is 0 Å². The Morgan fingerprint density at radius 3 is 2.40 bits per heavy atom. The fourth-order valence-corrected chi connectivity index (χ4v) is 9.58. The first-order chi connectivity index (χ1) is 18.7. The number of fused-ring (bicyclic) bond motifs is 5. The number of rotatable bonds is 10. The van der Waals surface area contributed by atoms with Crippen LogP contribution >= 0.6 is 0 Å². The minimum absolute atomic E-state index is 0.0132. The minimum atomic E-state index is -0.967. The molecule has 0 amide bonds. The van der Waals surface area contributed by atoms with E-state index in [0.29, 0.717) is 42.4 Å². The number of carboxylic acids is 1. The van der Waals surface area contributed by atoms with E-state index in [1.54, 1.807) is 0 Å². The number of esters is 2. The van der Waals surface area contributed by atoms with Gasteiger partial charge in [0.1, 0.15) is 12.7 Å². The fraction of sp³-hybridized carbons (Fsp3) is 0.909. The van der Waals surface area contributed by atoms with Crippen LogP contribution in [0.1, 0.15) is 119 Å². The van der Waals surface area contributed by atoms with E-state index in [2.05, 4.69) is 20.8 Å². The Labute approximate surface area is 241 Å². The van der Waals surface area contributed by atoms with Crippen LogP contribution in [0.25, 0.3) is 0 Å². The Kier molecular flexibility index (Phi) is 9.34. The van der Waals surface area contributed by atoms with Gasteiger partial charge in [0.25, 0.3) is 0 Å². The van der Waals surface area contributed by atoms with Crippen LogP contribution in [0.4, 0.5) is 0 Å². The van der Waals surface area contributed by atoms with E-state index in [4.69, 9.17) is 14.6 Å². The third-order valence-electron chi connectivity index (χ3n) is 12.6. The maximum atomic E-state index is 12.8. The maximum absolute atomic E-state index is 12.8. The normalized spacial score (nSPS) is 39.8. The van der Waals surface area contributed by atoms with Gasteiger partial charge in [0.2, 0.25) is 0 Å². The van der Waals surface area contributed by atoms with E-state index in [0.717, 1.165) is 44.9 Å². The average molecular weight is 563 g/mol. The second kappa shape index (κ2) is 11.9. The molecule has 10 atom stereocenters. The topological polar surface area (TPSA) is 110 Å². The van der Waals surface area contributed by atoms with Crippen LogP contribution in [0.3, 0.4) is 0 Å². The monoisotopic (exact) mass is 562 g/mol. The molecular weight excluding hydrogens is 508 g/mol. The van der Waals surface area contributed by atoms with Crippen molar-refractivity contribution in [2.24, 2.45) is 51.8 Å². The summed E-state index contributed by atoms with van der Waals surface area (Å²) in [6, 6.07) is 0. The summed E-state index contributed by atoms with van der Waals surface area (Å²) in [5.41, 5.74) is -0.402. The molecule has 0 saturated heterocycles. The first-order valence-electron chi connectivity index (χ1n) is 16.0. The molecule has 4 aliphatic carbocycles. The van der Waals surface area contributed by atoms with Crippen molar-refractivity contribution in [3.05, 3.63) is 0 Å². The summed E-state index contributed by atoms with van der Waals surface area (Å²) in [4.78, 5) is 35.6. The number of carbonyl (C=O) groups excluding carboxylic acids is 2. The van der Waals surface area contributed by atoms with Gasteiger partial charge >= 0.3 is 17.9 Å². The standard InChI is InChI=1S/C33H54O7/c1-7-31(3,4)30(38)40-22-14-16-32(5)21(18-22)9-10-23-25-12-11-24(33(25,6)27(34)19-26(23)32)20(2)8-13-29(37)39-17-15-28(35)36/h20-27,34H,7-19H2,1-6H3,(H,35,36). The molecule has 228 valence electrons. The number of hydrogen-bond acceptors (Lipinski definition) is 6. The van der Waals surface area contributed by atoms with Crippen molar-refractivity contribution >= 4 is 17.9 Å². The molecule has 7 nitrogen and oxygen atoms in total. The molecule has 0 radical (unpaired) electrons. The van der Waals surface area contributed by atoms with E-state index >= 15 is 0 Å². The molecule has 40 heavy (non-hydrogen) atoms. The molecule has 0 heterocycles. The largest absolute Gasteiger partial charge is 0.481 e. The average Bonchev–Trinajstić information content (AvgIpc) is 3.26. The third kappa shape index (κ3) is 5.83. The molecule has 2 N–H and O–H groups in total. The molecule has 0 bridgehead atoms. The molecule has 4 fully saturated rings. The lowest BCUT2D eigenvalue weighted by atomic mass is 9.43. The maximum Gasteiger partial charge on any atom is 0.311 e. The molecule has 10 unspecified atom stereocenters. The van der Waals surface area contributed by atoms with Gasteiger partial charge in [-0.2, -0.15) is 0 Å². The van der Waals surface area contributed by atoms with Crippen LogP contribution in [0.15, 0.2) is 0 Å². The molecule has 4 saturated carbocycles. The lowest BCUT2D eigenvalue weighted by Crippen LogP contribution is -2.59. The highest BCUT2D eigenvalue weighted by Gasteiger charge is 2.64. The second-order valence-corrected chi connectivity index (χ2v) is 14.9. The Hall–Kier alpha value is -1.63. The Bertz CT molecular complexity index is 945. The van der Waals surface area contributed by atoms with Gasteiger partial charge in [0.05, 0.1) is 17.9 Å². The smallest absolute Gasteiger partial charge is 0.311 e. The molecule has 0 spiro atoms. The number of aliphatic hydroxyl groups excluding tert-OH is 1. The predicted octanol–water partition coefficient (Wildman–Crippen LogP) is 6.40. The van der Waals surface area contributed by atoms with Crippen LogP contribution in [0, 0.1) is 51.8 Å². The van der Waals surface area contributed by atoms with Crippen molar-refractivity contribution < 1.29 is 34.1 Å². The number of hydrogen-bond donors (Lipinski definition) is 2. The van der Waals surface area contributed by atoms with Crippen LogP contribution in [-0.2, 0) is 23.9 Å². The molecule has 4 aliphatic rings. The number of carbonyl (C=O) groups is 3. The lowest BCUT2D eigenvalue weighted by molar-refractivity contribution is -0.185. The molecular formula is C33H54O7. The zero-order valence-corrected chi connectivity index (χ0v) is 25.7. The van der Waals surface area contributed by atoms with Gasteiger partial charge in [-0.25, -0.2) is 0 Å². The van der Waals surface area contributed by atoms with Gasteiger partial charge in [-0.1, -0.05) is 27.7 Å².